The Morgan fingerprint density at radius 2 is 2.00 bits per heavy atom. The zero-order chi connectivity index (χ0) is 21.8. The van der Waals surface area contributed by atoms with Gasteiger partial charge in [0.05, 0.1) is 13.2 Å². The largest absolute Gasteiger partial charge is 0.379 e. The molecule has 1 saturated heterocycles. The van der Waals surface area contributed by atoms with Crippen LogP contribution in [0.25, 0.3) is 0 Å². The minimum Gasteiger partial charge on any atom is -0.379 e. The van der Waals surface area contributed by atoms with Crippen molar-refractivity contribution in [2.75, 3.05) is 18.5 Å². The van der Waals surface area contributed by atoms with Crippen molar-refractivity contribution in [3.63, 3.8) is 0 Å². The molecule has 1 aromatic heterocycles. The molecule has 2 amide bonds. The molecule has 5 rings (SSSR count). The Morgan fingerprint density at radius 1 is 1.23 bits per heavy atom. The average Bonchev–Trinajstić information content (AvgIpc) is 3.22. The summed E-state index contributed by atoms with van der Waals surface area (Å²) in [6.07, 6.45) is 5.28. The molecule has 1 saturated carbocycles. The zero-order valence-electron chi connectivity index (χ0n) is 17.3. The first-order valence-electron chi connectivity index (χ1n) is 10.7. The van der Waals surface area contributed by atoms with Gasteiger partial charge in [-0.05, 0) is 72.8 Å². The number of fused-ring (bicyclic) bond motifs is 1. The Kier molecular flexibility index (Phi) is 5.12. The van der Waals surface area contributed by atoms with Crippen molar-refractivity contribution < 1.29 is 23.1 Å². The van der Waals surface area contributed by atoms with Crippen molar-refractivity contribution in [3.8, 4) is 0 Å². The first kappa shape index (κ1) is 20.9. The summed E-state index contributed by atoms with van der Waals surface area (Å²) < 4.78 is 32.7. The monoisotopic (exact) mass is 462 g/mol. The Bertz CT molecular complexity index is 1130. The van der Waals surface area contributed by atoms with Crippen LogP contribution < -0.4 is 10.0 Å². The summed E-state index contributed by atoms with van der Waals surface area (Å²) in [5, 5.41) is 13.2. The third kappa shape index (κ3) is 3.88. The predicted octanol–water partition coefficient (Wildman–Crippen LogP) is 3.48. The molecular formula is C22H26N2O5S2. The van der Waals surface area contributed by atoms with Gasteiger partial charge in [-0.2, -0.15) is 0 Å². The van der Waals surface area contributed by atoms with Gasteiger partial charge in [-0.25, -0.2) is 17.9 Å². The number of anilines is 1. The molecule has 0 unspecified atom stereocenters. The van der Waals surface area contributed by atoms with Crippen molar-refractivity contribution in [2.45, 2.75) is 54.8 Å². The van der Waals surface area contributed by atoms with E-state index in [4.69, 9.17) is 4.74 Å². The molecule has 0 radical (unpaired) electrons. The van der Waals surface area contributed by atoms with Crippen LogP contribution in [0.3, 0.4) is 0 Å². The predicted molar refractivity (Wildman–Crippen MR) is 118 cm³/mol. The normalized spacial score (nSPS) is 20.6. The van der Waals surface area contributed by atoms with Gasteiger partial charge in [0.1, 0.15) is 9.81 Å². The van der Waals surface area contributed by atoms with E-state index in [0.717, 1.165) is 47.4 Å². The van der Waals surface area contributed by atoms with Gasteiger partial charge in [-0.3, -0.25) is 0 Å². The number of carbonyl (C=O) groups is 1. The highest BCUT2D eigenvalue weighted by Crippen LogP contribution is 2.46. The van der Waals surface area contributed by atoms with E-state index in [0.29, 0.717) is 16.7 Å². The van der Waals surface area contributed by atoms with E-state index in [-0.39, 0.29) is 17.4 Å². The molecule has 3 aliphatic rings. The van der Waals surface area contributed by atoms with Crippen LogP contribution in [-0.4, -0.2) is 32.8 Å². The van der Waals surface area contributed by atoms with Crippen molar-refractivity contribution in [2.24, 2.45) is 5.92 Å². The van der Waals surface area contributed by atoms with Crippen LogP contribution in [0.1, 0.15) is 53.7 Å². The Hall–Kier alpha value is -1.94. The first-order valence-corrected chi connectivity index (χ1v) is 13.0. The average molecular weight is 463 g/mol. The number of aryl methyl sites for hydroxylation is 1. The molecule has 0 spiro atoms. The second kappa shape index (κ2) is 7.58. The molecule has 7 nitrogen and oxygen atoms in total. The quantitative estimate of drug-likeness (QED) is 0.610. The highest BCUT2D eigenvalue weighted by Gasteiger charge is 2.40. The van der Waals surface area contributed by atoms with E-state index < -0.39 is 21.7 Å². The first-order chi connectivity index (χ1) is 14.8. The Balaban J connectivity index is 1.36. The lowest BCUT2D eigenvalue weighted by Gasteiger charge is -2.35. The molecule has 31 heavy (non-hydrogen) atoms. The summed E-state index contributed by atoms with van der Waals surface area (Å²) in [4.78, 5) is 13.3. The van der Waals surface area contributed by atoms with Crippen molar-refractivity contribution in [3.05, 3.63) is 45.8 Å². The summed E-state index contributed by atoms with van der Waals surface area (Å²) in [5.41, 5.74) is 3.07. The number of hydrogen-bond donors (Lipinski definition) is 3. The number of carbonyl (C=O) groups excluding carboxylic acids is 1. The van der Waals surface area contributed by atoms with Gasteiger partial charge in [0.25, 0.3) is 10.0 Å². The fourth-order valence-electron chi connectivity index (χ4n) is 4.53. The highest BCUT2D eigenvalue weighted by atomic mass is 32.2. The van der Waals surface area contributed by atoms with Gasteiger partial charge < -0.3 is 15.2 Å². The number of benzene rings is 1. The van der Waals surface area contributed by atoms with Crippen LogP contribution in [0.2, 0.25) is 0 Å². The number of urea groups is 1. The van der Waals surface area contributed by atoms with E-state index in [1.165, 1.54) is 24.5 Å². The third-order valence-corrected chi connectivity index (χ3v) is 9.69. The lowest BCUT2D eigenvalue weighted by molar-refractivity contribution is -0.182. The second-order valence-electron chi connectivity index (χ2n) is 8.85. The van der Waals surface area contributed by atoms with E-state index in [9.17, 15) is 18.3 Å². The molecule has 1 aromatic carbocycles. The third-order valence-electron chi connectivity index (χ3n) is 6.59. The van der Waals surface area contributed by atoms with E-state index in [1.54, 1.807) is 6.07 Å². The molecule has 1 atom stereocenters. The summed E-state index contributed by atoms with van der Waals surface area (Å²) in [6, 6.07) is 6.46. The molecule has 166 valence electrons. The minimum absolute atomic E-state index is 0.0113. The number of hydrogen-bond acceptors (Lipinski definition) is 6. The minimum atomic E-state index is -4.05. The van der Waals surface area contributed by atoms with Crippen molar-refractivity contribution >= 4 is 33.1 Å². The number of sulfonamides is 1. The van der Waals surface area contributed by atoms with Gasteiger partial charge >= 0.3 is 6.03 Å². The molecule has 3 N–H and O–H groups in total. The van der Waals surface area contributed by atoms with Gasteiger partial charge in [0.2, 0.25) is 0 Å². The van der Waals surface area contributed by atoms with Gasteiger partial charge in [-0.15, -0.1) is 11.3 Å². The summed E-state index contributed by atoms with van der Waals surface area (Å²) in [5.74, 6) is 0.945. The smallest absolute Gasteiger partial charge is 0.333 e. The summed E-state index contributed by atoms with van der Waals surface area (Å²) in [6.45, 7) is 2.46. The van der Waals surface area contributed by atoms with Gasteiger partial charge in [-0.1, -0.05) is 19.1 Å². The molecule has 2 aliphatic carbocycles. The SMILES string of the molecule is C[C@H](c1ccc2c(c1NC(=O)NS(=O)(=O)c1ccc(C3(O)COC3)s1)CCC2)C1CC1. The maximum absolute atomic E-state index is 12.8. The number of nitrogens with one attached hydrogen (secondary N) is 2. The second-order valence-corrected chi connectivity index (χ2v) is 11.8. The summed E-state index contributed by atoms with van der Waals surface area (Å²) >= 11 is 0.951. The summed E-state index contributed by atoms with van der Waals surface area (Å²) in [7, 11) is -4.05. The number of aliphatic hydroxyl groups is 1. The van der Waals surface area contributed by atoms with E-state index in [1.807, 2.05) is 0 Å². The molecular weight excluding hydrogens is 436 g/mol. The fraction of sp³-hybridized carbons (Fsp3) is 0.500. The number of ether oxygens (including phenoxy) is 1. The van der Waals surface area contributed by atoms with Crippen LogP contribution in [-0.2, 0) is 33.2 Å². The lowest BCUT2D eigenvalue weighted by Crippen LogP contribution is -2.45. The number of amides is 2. The number of thiophene rings is 1. The van der Waals surface area contributed by atoms with Gasteiger partial charge in [0.15, 0.2) is 0 Å². The topological polar surface area (TPSA) is 105 Å². The molecule has 2 fully saturated rings. The molecule has 1 aliphatic heterocycles. The number of rotatable bonds is 6. The van der Waals surface area contributed by atoms with Crippen LogP contribution in [0, 0.1) is 5.92 Å². The van der Waals surface area contributed by atoms with Crippen LogP contribution in [0.15, 0.2) is 28.5 Å². The Morgan fingerprint density at radius 3 is 2.68 bits per heavy atom. The maximum atomic E-state index is 12.8. The fourth-order valence-corrected chi connectivity index (χ4v) is 6.80. The zero-order valence-corrected chi connectivity index (χ0v) is 18.9. The molecule has 0 bridgehead atoms. The van der Waals surface area contributed by atoms with Crippen LogP contribution in [0.4, 0.5) is 10.5 Å². The van der Waals surface area contributed by atoms with E-state index in [2.05, 4.69) is 29.1 Å². The molecule has 9 heteroatoms. The van der Waals surface area contributed by atoms with Crippen LogP contribution >= 0.6 is 11.3 Å². The highest BCUT2D eigenvalue weighted by molar-refractivity contribution is 7.92. The molecule has 2 heterocycles. The van der Waals surface area contributed by atoms with E-state index >= 15 is 0 Å². The van der Waals surface area contributed by atoms with Crippen molar-refractivity contribution in [1.82, 2.24) is 4.72 Å². The molecule has 2 aromatic rings. The maximum Gasteiger partial charge on any atom is 0.333 e. The van der Waals surface area contributed by atoms with Gasteiger partial charge in [0, 0.05) is 10.6 Å². The lowest BCUT2D eigenvalue weighted by atomic mass is 9.91. The van der Waals surface area contributed by atoms with Crippen LogP contribution in [0.5, 0.6) is 0 Å². The Labute approximate surface area is 185 Å². The standard InChI is InChI=1S/C22H26N2O5S2/c1-13(14-5-6-14)16-8-7-15-3-2-4-17(15)20(16)23-21(25)24-31(27,28)19-10-9-18(30-19)22(26)11-29-12-22/h7-10,13-14,26H,2-6,11-12H2,1H3,(H2,23,24,25)/t13-/m0/s1. The van der Waals surface area contributed by atoms with Crippen molar-refractivity contribution in [1.29, 1.82) is 0 Å².